The van der Waals surface area contributed by atoms with Gasteiger partial charge in [0.15, 0.2) is 11.6 Å². The number of nitrogens with one attached hydrogen (secondary N) is 6. The van der Waals surface area contributed by atoms with Gasteiger partial charge in [0.05, 0.1) is 25.6 Å². The molecule has 0 saturated carbocycles. The summed E-state index contributed by atoms with van der Waals surface area (Å²) in [5.74, 6) is -5.19. The van der Waals surface area contributed by atoms with Crippen LogP contribution in [0.2, 0.25) is 0 Å². The summed E-state index contributed by atoms with van der Waals surface area (Å²) >= 11 is 0. The molecule has 1 aromatic heterocycles. The lowest BCUT2D eigenvalue weighted by atomic mass is 10.0. The molecule has 0 unspecified atom stereocenters. The largest absolute Gasteiger partial charge is 0.480 e. The number of aryl methyl sites for hydroxylation is 1. The van der Waals surface area contributed by atoms with Gasteiger partial charge in [-0.15, -0.1) is 10.2 Å². The third kappa shape index (κ3) is 36.0. The molecule has 0 bridgehead atoms. The summed E-state index contributed by atoms with van der Waals surface area (Å²) in [6.45, 7) is 2.39. The van der Waals surface area contributed by atoms with Crippen LogP contribution in [-0.4, -0.2) is 144 Å². The monoisotopic (exact) mass is 988 g/mol. The molecule has 0 aliphatic heterocycles. The van der Waals surface area contributed by atoms with E-state index in [1.807, 2.05) is 0 Å². The molecule has 23 nitrogen and oxygen atoms in total. The fraction of sp³-hybridized carbons (Fsp3) is 0.795. The van der Waals surface area contributed by atoms with E-state index in [-0.39, 0.29) is 102 Å². The van der Waals surface area contributed by atoms with E-state index in [0.717, 1.165) is 44.3 Å². The lowest BCUT2D eigenvalue weighted by molar-refractivity contribution is -0.143. The number of carboxylic acid groups (broad SMARTS) is 2. The average molecular weight is 988 g/mol. The number of rotatable bonds is 45. The first-order chi connectivity index (χ1) is 32.6. The molecule has 0 aromatic carbocycles. The second kappa shape index (κ2) is 38.8. The average Bonchev–Trinajstić information content (AvgIpc) is 3.80. The number of aromatic amines is 1. The number of hydrogen-bond donors (Lipinski definition) is 8. The SMILES string of the molecule is CC(=O)COCCOCCNC(=O)CC[C@H](NC(=O)CC[C@H](NC(=O)CCCCCNC(=O)CCCS(=O)(=O)NC(=O)CCCCCCCCCCCCCCCc1nn[nH]n1)C(=O)O)C(=O)O. The van der Waals surface area contributed by atoms with Gasteiger partial charge in [-0.2, -0.15) is 5.21 Å². The number of aromatic nitrogens is 4. The van der Waals surface area contributed by atoms with Gasteiger partial charge in [0.1, 0.15) is 18.7 Å². The molecule has 2 atom stereocenters. The Bertz CT molecular complexity index is 1730. The number of sulfonamides is 1. The lowest BCUT2D eigenvalue weighted by Crippen LogP contribution is -2.44. The van der Waals surface area contributed by atoms with E-state index in [0.29, 0.717) is 25.7 Å². The van der Waals surface area contributed by atoms with E-state index >= 15 is 0 Å². The van der Waals surface area contributed by atoms with Crippen LogP contribution in [-0.2, 0) is 64.3 Å². The van der Waals surface area contributed by atoms with E-state index in [1.165, 1.54) is 51.9 Å². The molecule has 0 aliphatic rings. The Morgan fingerprint density at radius 1 is 0.559 bits per heavy atom. The highest BCUT2D eigenvalue weighted by Crippen LogP contribution is 2.14. The number of aliphatic carboxylic acids is 2. The van der Waals surface area contributed by atoms with Crippen LogP contribution in [0.1, 0.15) is 167 Å². The first-order valence-corrected chi connectivity index (χ1v) is 25.7. The van der Waals surface area contributed by atoms with Gasteiger partial charge in [-0.1, -0.05) is 82.3 Å². The maximum atomic E-state index is 12.5. The molecule has 0 radical (unpaired) electrons. The standard InChI is InChI=1S/C44H77N9O14S/c1-34(54)33-67-31-30-66-29-28-46-39(56)25-23-35(43(60)61)48-41(58)26-24-36(44(62)63)47-40(57)20-16-13-17-27-45-38(55)22-18-32-68(64,65)51-42(59)21-15-12-10-8-6-4-2-3-5-7-9-11-14-19-37-49-52-53-50-37/h35-36H,2-33H2,1H3,(H,45,55)(H,46,56)(H,47,57)(H,48,58)(H,51,59)(H,60,61)(H,62,63)(H,49,50,52,53)/t35-,36-/m0/s1. The molecule has 0 aliphatic carbocycles. The molecule has 0 spiro atoms. The van der Waals surface area contributed by atoms with Gasteiger partial charge in [0.25, 0.3) is 0 Å². The minimum absolute atomic E-state index is 0.0168. The van der Waals surface area contributed by atoms with Crippen molar-refractivity contribution < 1.29 is 66.5 Å². The first-order valence-electron chi connectivity index (χ1n) is 24.1. The summed E-state index contributed by atoms with van der Waals surface area (Å²) in [4.78, 5) is 95.6. The summed E-state index contributed by atoms with van der Waals surface area (Å²) in [5, 5.41) is 42.9. The fourth-order valence-corrected chi connectivity index (χ4v) is 7.86. The zero-order valence-corrected chi connectivity index (χ0v) is 40.6. The van der Waals surface area contributed by atoms with Crippen LogP contribution in [0.15, 0.2) is 0 Å². The molecular weight excluding hydrogens is 911 g/mol. The van der Waals surface area contributed by atoms with Crippen molar-refractivity contribution in [2.24, 2.45) is 0 Å². The van der Waals surface area contributed by atoms with Crippen LogP contribution in [0.5, 0.6) is 0 Å². The molecular formula is C44H77N9O14S. The molecule has 5 amide bonds. The van der Waals surface area contributed by atoms with E-state index in [9.17, 15) is 57.0 Å². The topological polar surface area (TPSA) is 344 Å². The van der Waals surface area contributed by atoms with Crippen molar-refractivity contribution in [2.45, 2.75) is 180 Å². The van der Waals surface area contributed by atoms with Crippen LogP contribution in [0, 0.1) is 0 Å². The van der Waals surface area contributed by atoms with E-state index in [4.69, 9.17) is 9.47 Å². The van der Waals surface area contributed by atoms with Crippen LogP contribution in [0.25, 0.3) is 0 Å². The number of ether oxygens (including phenoxy) is 2. The molecule has 24 heteroatoms. The third-order valence-corrected chi connectivity index (χ3v) is 11.9. The Morgan fingerprint density at radius 3 is 1.59 bits per heavy atom. The summed E-state index contributed by atoms with van der Waals surface area (Å²) in [6, 6.07) is -2.81. The normalized spacial score (nSPS) is 12.1. The minimum atomic E-state index is -3.86. The van der Waals surface area contributed by atoms with E-state index in [1.54, 1.807) is 0 Å². The van der Waals surface area contributed by atoms with Crippen molar-refractivity contribution in [2.75, 3.05) is 45.3 Å². The Kier molecular flexibility index (Phi) is 34.8. The van der Waals surface area contributed by atoms with Crippen molar-refractivity contribution in [1.82, 2.24) is 46.6 Å². The number of unbranched alkanes of at least 4 members (excludes halogenated alkanes) is 14. The van der Waals surface area contributed by atoms with Crippen molar-refractivity contribution in [3.63, 3.8) is 0 Å². The summed E-state index contributed by atoms with van der Waals surface area (Å²) in [6.07, 6.45) is 15.5. The Hall–Kier alpha value is -5.10. The van der Waals surface area contributed by atoms with Crippen LogP contribution < -0.4 is 26.0 Å². The number of tetrazole rings is 1. The molecule has 388 valence electrons. The maximum absolute atomic E-state index is 12.5. The molecule has 0 fully saturated rings. The zero-order chi connectivity index (χ0) is 50.3. The van der Waals surface area contributed by atoms with Crippen LogP contribution >= 0.6 is 0 Å². The summed E-state index contributed by atoms with van der Waals surface area (Å²) in [7, 11) is -3.86. The van der Waals surface area contributed by atoms with Gasteiger partial charge < -0.3 is 41.0 Å². The minimum Gasteiger partial charge on any atom is -0.480 e. The van der Waals surface area contributed by atoms with E-state index in [2.05, 4.69) is 46.6 Å². The van der Waals surface area contributed by atoms with Gasteiger partial charge in [-0.25, -0.2) is 18.0 Å². The van der Waals surface area contributed by atoms with Crippen LogP contribution in [0.3, 0.4) is 0 Å². The molecule has 8 N–H and O–H groups in total. The quantitative estimate of drug-likeness (QED) is 0.0435. The number of nitrogens with zero attached hydrogens (tertiary/aromatic N) is 3. The summed E-state index contributed by atoms with van der Waals surface area (Å²) < 4.78 is 37.1. The number of hydrogen-bond acceptors (Lipinski definition) is 15. The number of carbonyl (C=O) groups excluding carboxylic acids is 6. The lowest BCUT2D eigenvalue weighted by Gasteiger charge is -2.17. The van der Waals surface area contributed by atoms with Gasteiger partial charge in [0.2, 0.25) is 39.6 Å². The molecule has 1 rings (SSSR count). The van der Waals surface area contributed by atoms with Crippen molar-refractivity contribution in [1.29, 1.82) is 0 Å². The first kappa shape index (κ1) is 60.9. The van der Waals surface area contributed by atoms with Crippen LogP contribution in [0.4, 0.5) is 0 Å². The zero-order valence-electron chi connectivity index (χ0n) is 39.8. The predicted molar refractivity (Wildman–Crippen MR) is 248 cm³/mol. The molecule has 0 saturated heterocycles. The fourth-order valence-electron chi connectivity index (χ4n) is 6.79. The predicted octanol–water partition coefficient (Wildman–Crippen LogP) is 2.54. The van der Waals surface area contributed by atoms with Gasteiger partial charge in [-0.3, -0.25) is 33.5 Å². The number of ketones is 1. The van der Waals surface area contributed by atoms with E-state index < -0.39 is 64.1 Å². The highest BCUT2D eigenvalue weighted by Gasteiger charge is 2.24. The van der Waals surface area contributed by atoms with Gasteiger partial charge in [-0.05, 0) is 51.9 Å². The molecule has 1 aromatic rings. The van der Waals surface area contributed by atoms with Gasteiger partial charge >= 0.3 is 11.9 Å². The van der Waals surface area contributed by atoms with Crippen molar-refractivity contribution >= 4 is 57.3 Å². The smallest absolute Gasteiger partial charge is 0.326 e. The molecule has 68 heavy (non-hydrogen) atoms. The third-order valence-electron chi connectivity index (χ3n) is 10.5. The van der Waals surface area contributed by atoms with Gasteiger partial charge in [0, 0.05) is 51.6 Å². The summed E-state index contributed by atoms with van der Waals surface area (Å²) in [5.41, 5.74) is 0. The number of amides is 5. The number of H-pyrrole nitrogens is 1. The Balaban J connectivity index is 2.09. The van der Waals surface area contributed by atoms with Crippen molar-refractivity contribution in [3.8, 4) is 0 Å². The van der Waals surface area contributed by atoms with Crippen molar-refractivity contribution in [3.05, 3.63) is 5.82 Å². The number of carbonyl (C=O) groups is 8. The maximum Gasteiger partial charge on any atom is 0.326 e. The highest BCUT2D eigenvalue weighted by molar-refractivity contribution is 7.90. The highest BCUT2D eigenvalue weighted by atomic mass is 32.2. The second-order valence-corrected chi connectivity index (χ2v) is 18.6. The Labute approximate surface area is 400 Å². The molecule has 1 heterocycles. The Morgan fingerprint density at radius 2 is 1.03 bits per heavy atom. The number of carboxylic acids is 2. The second-order valence-electron chi connectivity index (χ2n) is 16.7. The number of Topliss-reactive ketones (excluding diaryl/α,β-unsaturated/α-hetero) is 1.